The van der Waals surface area contributed by atoms with E-state index in [1.165, 1.54) is 0 Å². The number of nitrogens with zero attached hydrogens (tertiary/aromatic N) is 2. The van der Waals surface area contributed by atoms with Crippen LogP contribution in [0.4, 0.5) is 11.5 Å². The molecular weight excluding hydrogens is 414 g/mol. The van der Waals surface area contributed by atoms with Gasteiger partial charge in [-0.1, -0.05) is 48.0 Å². The van der Waals surface area contributed by atoms with Crippen molar-refractivity contribution in [1.82, 2.24) is 4.98 Å². The van der Waals surface area contributed by atoms with Gasteiger partial charge in [-0.25, -0.2) is 4.98 Å². The summed E-state index contributed by atoms with van der Waals surface area (Å²) in [5.41, 5.74) is 2.40. The third kappa shape index (κ3) is 4.70. The lowest BCUT2D eigenvalue weighted by molar-refractivity contribution is -0.127. The molecule has 0 spiro atoms. The molecule has 1 atom stereocenters. The van der Waals surface area contributed by atoms with Gasteiger partial charge < -0.3 is 10.1 Å². The van der Waals surface area contributed by atoms with E-state index in [4.69, 9.17) is 16.3 Å². The maximum Gasteiger partial charge on any atom is 0.274 e. The number of hydrogen-bond donors (Lipinski definition) is 1. The molecule has 0 fully saturated rings. The van der Waals surface area contributed by atoms with Gasteiger partial charge in [-0.3, -0.25) is 14.5 Å². The number of carbonyl (C=O) groups excluding carboxylic acids is 2. The monoisotopic (exact) mass is 435 g/mol. The summed E-state index contributed by atoms with van der Waals surface area (Å²) in [7, 11) is 0. The third-order valence-electron chi connectivity index (χ3n) is 5.10. The average molecular weight is 436 g/mol. The molecule has 31 heavy (non-hydrogen) atoms. The summed E-state index contributed by atoms with van der Waals surface area (Å²) in [5.74, 6) is 0.705. The van der Waals surface area contributed by atoms with Gasteiger partial charge in [-0.05, 0) is 43.2 Å². The van der Waals surface area contributed by atoms with Crippen LogP contribution in [0.1, 0.15) is 30.1 Å². The van der Waals surface area contributed by atoms with Crippen LogP contribution in [0.25, 0.3) is 0 Å². The Morgan fingerprint density at radius 1 is 1.16 bits per heavy atom. The van der Waals surface area contributed by atoms with Crippen molar-refractivity contribution in [1.29, 1.82) is 0 Å². The molecule has 0 saturated heterocycles. The smallest absolute Gasteiger partial charge is 0.274 e. The Bertz CT molecular complexity index is 1100. The van der Waals surface area contributed by atoms with Crippen LogP contribution >= 0.6 is 11.6 Å². The zero-order chi connectivity index (χ0) is 21.8. The Kier molecular flexibility index (Phi) is 6.18. The van der Waals surface area contributed by atoms with Crippen molar-refractivity contribution in [2.24, 2.45) is 0 Å². The van der Waals surface area contributed by atoms with Crippen molar-refractivity contribution in [2.45, 2.75) is 25.9 Å². The predicted molar refractivity (Wildman–Crippen MR) is 120 cm³/mol. The fourth-order valence-corrected chi connectivity index (χ4v) is 3.67. The number of ether oxygens (including phenoxy) is 1. The second kappa shape index (κ2) is 9.18. The third-order valence-corrected chi connectivity index (χ3v) is 5.34. The first-order chi connectivity index (χ1) is 15.0. The standard InChI is InChI=1S/C24H22ClN3O3/c1-16-11-12-18(25)15-19(16)27-21(29)10-6-14-28-23-20(9-5-13-26-23)31-22(24(28)30)17-7-3-2-4-8-17/h2-5,7-9,11-13,15,22H,6,10,14H2,1H3,(H,27,29). The molecule has 0 bridgehead atoms. The van der Waals surface area contributed by atoms with Crippen LogP contribution in [0.15, 0.2) is 66.9 Å². The minimum Gasteiger partial charge on any atom is -0.472 e. The van der Waals surface area contributed by atoms with Gasteiger partial charge in [0.25, 0.3) is 5.91 Å². The van der Waals surface area contributed by atoms with Crippen molar-refractivity contribution in [3.8, 4) is 5.75 Å². The van der Waals surface area contributed by atoms with E-state index in [1.807, 2.05) is 43.3 Å². The van der Waals surface area contributed by atoms with Gasteiger partial charge in [0.1, 0.15) is 0 Å². The van der Waals surface area contributed by atoms with E-state index in [1.54, 1.807) is 35.4 Å². The summed E-state index contributed by atoms with van der Waals surface area (Å²) < 4.78 is 5.95. The topological polar surface area (TPSA) is 71.5 Å². The molecule has 7 heteroatoms. The number of amides is 2. The molecule has 3 aromatic rings. The molecule has 0 saturated carbocycles. The van der Waals surface area contributed by atoms with Crippen LogP contribution < -0.4 is 15.0 Å². The summed E-state index contributed by atoms with van der Waals surface area (Å²) in [6, 6.07) is 18.3. The fraction of sp³-hybridized carbons (Fsp3) is 0.208. The van der Waals surface area contributed by atoms with E-state index < -0.39 is 6.10 Å². The molecule has 1 aliphatic heterocycles. The fourth-order valence-electron chi connectivity index (χ4n) is 3.49. The molecule has 1 unspecified atom stereocenters. The maximum absolute atomic E-state index is 13.2. The molecule has 158 valence electrons. The Hall–Kier alpha value is -3.38. The lowest BCUT2D eigenvalue weighted by Gasteiger charge is -2.33. The molecule has 0 radical (unpaired) electrons. The van der Waals surface area contributed by atoms with Crippen molar-refractivity contribution in [3.05, 3.63) is 83.0 Å². The minimum atomic E-state index is -0.735. The van der Waals surface area contributed by atoms with E-state index >= 15 is 0 Å². The zero-order valence-corrected chi connectivity index (χ0v) is 17.8. The van der Waals surface area contributed by atoms with Crippen LogP contribution in [0.3, 0.4) is 0 Å². The van der Waals surface area contributed by atoms with Crippen molar-refractivity contribution in [2.75, 3.05) is 16.8 Å². The molecule has 2 amide bonds. The highest BCUT2D eigenvalue weighted by molar-refractivity contribution is 6.31. The zero-order valence-electron chi connectivity index (χ0n) is 17.0. The Labute approximate surface area is 185 Å². The summed E-state index contributed by atoms with van der Waals surface area (Å²) >= 11 is 6.02. The van der Waals surface area contributed by atoms with Crippen LogP contribution in [-0.4, -0.2) is 23.3 Å². The van der Waals surface area contributed by atoms with Gasteiger partial charge in [-0.15, -0.1) is 0 Å². The normalized spacial score (nSPS) is 15.2. The van der Waals surface area contributed by atoms with Crippen LogP contribution in [0.2, 0.25) is 5.02 Å². The SMILES string of the molecule is Cc1ccc(Cl)cc1NC(=O)CCCN1C(=O)C(c2ccccc2)Oc2cccnc21. The van der Waals surface area contributed by atoms with Crippen molar-refractivity contribution in [3.63, 3.8) is 0 Å². The van der Waals surface area contributed by atoms with Crippen LogP contribution in [0, 0.1) is 6.92 Å². The van der Waals surface area contributed by atoms with Gasteiger partial charge in [-0.2, -0.15) is 0 Å². The number of hydrogen-bond acceptors (Lipinski definition) is 4. The first-order valence-electron chi connectivity index (χ1n) is 10.1. The lowest BCUT2D eigenvalue weighted by atomic mass is 10.1. The number of halogens is 1. The van der Waals surface area contributed by atoms with Crippen molar-refractivity contribution < 1.29 is 14.3 Å². The number of fused-ring (bicyclic) bond motifs is 1. The number of anilines is 2. The van der Waals surface area contributed by atoms with Crippen LogP contribution in [0.5, 0.6) is 5.75 Å². The number of carbonyl (C=O) groups is 2. The number of nitrogens with one attached hydrogen (secondary N) is 1. The second-order valence-electron chi connectivity index (χ2n) is 7.33. The van der Waals surface area contributed by atoms with Gasteiger partial charge in [0.2, 0.25) is 12.0 Å². The quantitative estimate of drug-likeness (QED) is 0.596. The number of rotatable bonds is 6. The highest BCUT2D eigenvalue weighted by atomic mass is 35.5. The number of aryl methyl sites for hydroxylation is 1. The summed E-state index contributed by atoms with van der Waals surface area (Å²) in [6.45, 7) is 2.27. The van der Waals surface area contributed by atoms with E-state index in [9.17, 15) is 9.59 Å². The van der Waals surface area contributed by atoms with Gasteiger partial charge in [0.05, 0.1) is 0 Å². The van der Waals surface area contributed by atoms with E-state index in [0.29, 0.717) is 35.2 Å². The Morgan fingerprint density at radius 3 is 2.77 bits per heavy atom. The lowest BCUT2D eigenvalue weighted by Crippen LogP contribution is -2.42. The van der Waals surface area contributed by atoms with Gasteiger partial charge in [0.15, 0.2) is 11.6 Å². The van der Waals surface area contributed by atoms with Crippen molar-refractivity contribution >= 4 is 34.9 Å². The number of aromatic nitrogens is 1. The number of benzene rings is 2. The molecular formula is C24H22ClN3O3. The second-order valence-corrected chi connectivity index (χ2v) is 7.77. The maximum atomic E-state index is 13.2. The molecule has 1 aromatic heterocycles. The first-order valence-corrected chi connectivity index (χ1v) is 10.4. The predicted octanol–water partition coefficient (Wildman–Crippen LogP) is 4.93. The Morgan fingerprint density at radius 2 is 1.97 bits per heavy atom. The molecule has 6 nitrogen and oxygen atoms in total. The summed E-state index contributed by atoms with van der Waals surface area (Å²) in [4.78, 5) is 31.6. The van der Waals surface area contributed by atoms with Gasteiger partial charge >= 0.3 is 0 Å². The first kappa shape index (κ1) is 20.9. The molecule has 4 rings (SSSR count). The summed E-state index contributed by atoms with van der Waals surface area (Å²) in [5, 5.41) is 3.45. The molecule has 0 aliphatic carbocycles. The van der Waals surface area contributed by atoms with Gasteiger partial charge in [0, 0.05) is 35.4 Å². The molecule has 1 N–H and O–H groups in total. The summed E-state index contributed by atoms with van der Waals surface area (Å²) in [6.07, 6.45) is 1.63. The average Bonchev–Trinajstić information content (AvgIpc) is 2.78. The number of pyridine rings is 1. The molecule has 2 heterocycles. The van der Waals surface area contributed by atoms with E-state index in [0.717, 1.165) is 11.1 Å². The van der Waals surface area contributed by atoms with E-state index in [2.05, 4.69) is 10.3 Å². The Balaban J connectivity index is 1.45. The minimum absolute atomic E-state index is 0.132. The van der Waals surface area contributed by atoms with Crippen LogP contribution in [-0.2, 0) is 9.59 Å². The molecule has 2 aromatic carbocycles. The largest absolute Gasteiger partial charge is 0.472 e. The highest BCUT2D eigenvalue weighted by Gasteiger charge is 2.36. The molecule has 1 aliphatic rings. The highest BCUT2D eigenvalue weighted by Crippen LogP contribution is 2.37. The van der Waals surface area contributed by atoms with E-state index in [-0.39, 0.29) is 18.2 Å².